The van der Waals surface area contributed by atoms with Crippen molar-refractivity contribution in [3.8, 4) is 5.75 Å². The van der Waals surface area contributed by atoms with Crippen molar-refractivity contribution in [2.45, 2.75) is 20.5 Å². The van der Waals surface area contributed by atoms with Crippen LogP contribution in [0.2, 0.25) is 0 Å². The zero-order valence-electron chi connectivity index (χ0n) is 14.4. The monoisotopic (exact) mass is 326 g/mol. The lowest BCUT2D eigenvalue weighted by Crippen LogP contribution is -2.30. The lowest BCUT2D eigenvalue weighted by atomic mass is 9.97. The van der Waals surface area contributed by atoms with Gasteiger partial charge in [-0.3, -0.25) is 4.79 Å². The van der Waals surface area contributed by atoms with E-state index in [9.17, 15) is 4.79 Å². The summed E-state index contributed by atoms with van der Waals surface area (Å²) in [6.07, 6.45) is 0. The maximum Gasteiger partial charge on any atom is 0.273 e. The minimum Gasteiger partial charge on any atom is -0.489 e. The molecule has 0 aliphatic carbocycles. The van der Waals surface area contributed by atoms with Crippen LogP contribution in [0.3, 0.4) is 0 Å². The molecule has 2 aromatic carbocycles. The van der Waals surface area contributed by atoms with Gasteiger partial charge in [-0.15, -0.1) is 0 Å². The molecule has 0 aromatic heterocycles. The Hall–Kier alpha value is -2.82. The predicted molar refractivity (Wildman–Crippen MR) is 94.3 cm³/mol. The molecule has 0 unspecified atom stereocenters. The molecule has 0 heterocycles. The van der Waals surface area contributed by atoms with Crippen molar-refractivity contribution in [3.63, 3.8) is 0 Å². The van der Waals surface area contributed by atoms with Crippen molar-refractivity contribution in [2.24, 2.45) is 5.16 Å². The molecular formula is C19H22N2O3. The standard InChI is InChI=1S/C19H22N2O3/c1-13-8-5-6-11-16(13)24-12-15-10-7-9-14(2)17(15)18(21-23-4)19(22)20-3/h5-11H,12H2,1-4H3,(H,20,22)/b21-18-. The van der Waals surface area contributed by atoms with E-state index in [1.54, 1.807) is 7.05 Å². The Labute approximate surface area is 142 Å². The molecule has 0 saturated carbocycles. The molecule has 0 atom stereocenters. The van der Waals surface area contributed by atoms with E-state index >= 15 is 0 Å². The van der Waals surface area contributed by atoms with Gasteiger partial charge in [0.1, 0.15) is 19.5 Å². The van der Waals surface area contributed by atoms with Gasteiger partial charge in [-0.1, -0.05) is 41.6 Å². The summed E-state index contributed by atoms with van der Waals surface area (Å²) in [6, 6.07) is 13.6. The van der Waals surface area contributed by atoms with Crippen LogP contribution in [0.25, 0.3) is 0 Å². The molecule has 0 spiro atoms. The molecule has 5 nitrogen and oxygen atoms in total. The number of ether oxygens (including phenoxy) is 1. The number of benzene rings is 2. The van der Waals surface area contributed by atoms with E-state index in [4.69, 9.17) is 9.57 Å². The molecule has 1 amide bonds. The summed E-state index contributed by atoms with van der Waals surface area (Å²) in [5.41, 5.74) is 3.83. The third-order valence-corrected chi connectivity index (χ3v) is 3.70. The number of likely N-dealkylation sites (N-methyl/N-ethyl adjacent to an activating group) is 1. The van der Waals surface area contributed by atoms with Gasteiger partial charge in [0.2, 0.25) is 0 Å². The molecule has 0 saturated heterocycles. The van der Waals surface area contributed by atoms with Gasteiger partial charge >= 0.3 is 0 Å². The van der Waals surface area contributed by atoms with Crippen LogP contribution in [0.5, 0.6) is 5.75 Å². The number of carbonyl (C=O) groups excluding carboxylic acids is 1. The predicted octanol–water partition coefficient (Wildman–Crippen LogP) is 2.98. The molecule has 2 rings (SSSR count). The van der Waals surface area contributed by atoms with E-state index in [1.807, 2.05) is 56.3 Å². The maximum absolute atomic E-state index is 12.2. The number of nitrogens with zero attached hydrogens (tertiary/aromatic N) is 1. The van der Waals surface area contributed by atoms with Gasteiger partial charge in [0, 0.05) is 12.6 Å². The summed E-state index contributed by atoms with van der Waals surface area (Å²) in [5, 5.41) is 6.50. The van der Waals surface area contributed by atoms with E-state index in [1.165, 1.54) is 7.11 Å². The topological polar surface area (TPSA) is 59.9 Å². The van der Waals surface area contributed by atoms with Crippen LogP contribution < -0.4 is 10.1 Å². The van der Waals surface area contributed by atoms with Crippen LogP contribution >= 0.6 is 0 Å². The fourth-order valence-electron chi connectivity index (χ4n) is 2.47. The number of hydrogen-bond donors (Lipinski definition) is 1. The van der Waals surface area contributed by atoms with Crippen LogP contribution in [0, 0.1) is 13.8 Å². The lowest BCUT2D eigenvalue weighted by molar-refractivity contribution is -0.114. The maximum atomic E-state index is 12.2. The van der Waals surface area contributed by atoms with Crippen LogP contribution in [0.4, 0.5) is 0 Å². The highest BCUT2D eigenvalue weighted by Crippen LogP contribution is 2.21. The molecule has 1 N–H and O–H groups in total. The number of aryl methyl sites for hydroxylation is 2. The molecule has 0 fully saturated rings. The van der Waals surface area contributed by atoms with E-state index in [0.29, 0.717) is 6.61 Å². The average molecular weight is 326 g/mol. The number of amides is 1. The van der Waals surface area contributed by atoms with Gasteiger partial charge in [-0.05, 0) is 36.6 Å². The second-order valence-corrected chi connectivity index (χ2v) is 5.36. The highest BCUT2D eigenvalue weighted by atomic mass is 16.6. The zero-order valence-corrected chi connectivity index (χ0v) is 14.4. The smallest absolute Gasteiger partial charge is 0.273 e. The van der Waals surface area contributed by atoms with E-state index in [2.05, 4.69) is 10.5 Å². The number of rotatable bonds is 6. The summed E-state index contributed by atoms with van der Waals surface area (Å²) in [5.74, 6) is 0.512. The molecule has 0 aliphatic rings. The Balaban J connectivity index is 2.37. The lowest BCUT2D eigenvalue weighted by Gasteiger charge is -2.15. The van der Waals surface area contributed by atoms with Gasteiger partial charge < -0.3 is 14.9 Å². The number of oxime groups is 1. The van der Waals surface area contributed by atoms with Crippen molar-refractivity contribution in [1.29, 1.82) is 0 Å². The zero-order chi connectivity index (χ0) is 17.5. The van der Waals surface area contributed by atoms with Crippen molar-refractivity contribution in [1.82, 2.24) is 5.32 Å². The second kappa shape index (κ2) is 8.15. The Bertz CT molecular complexity index is 754. The summed E-state index contributed by atoms with van der Waals surface area (Å²) in [7, 11) is 2.99. The van der Waals surface area contributed by atoms with E-state index in [0.717, 1.165) is 28.0 Å². The van der Waals surface area contributed by atoms with Gasteiger partial charge in [-0.2, -0.15) is 0 Å². The summed E-state index contributed by atoms with van der Waals surface area (Å²) in [4.78, 5) is 17.0. The van der Waals surface area contributed by atoms with Gasteiger partial charge in [0.05, 0.1) is 0 Å². The minimum atomic E-state index is -0.303. The van der Waals surface area contributed by atoms with Crippen LogP contribution in [0.15, 0.2) is 47.6 Å². The van der Waals surface area contributed by atoms with Gasteiger partial charge in [-0.25, -0.2) is 0 Å². The molecule has 0 radical (unpaired) electrons. The fourth-order valence-corrected chi connectivity index (χ4v) is 2.47. The van der Waals surface area contributed by atoms with E-state index < -0.39 is 0 Å². The normalized spacial score (nSPS) is 11.1. The number of para-hydroxylation sites is 1. The minimum absolute atomic E-state index is 0.237. The third-order valence-electron chi connectivity index (χ3n) is 3.70. The number of carbonyl (C=O) groups is 1. The first kappa shape index (κ1) is 17.5. The largest absolute Gasteiger partial charge is 0.489 e. The summed E-state index contributed by atoms with van der Waals surface area (Å²) >= 11 is 0. The molecular weight excluding hydrogens is 304 g/mol. The van der Waals surface area contributed by atoms with Crippen molar-refractivity contribution in [2.75, 3.05) is 14.2 Å². The molecule has 5 heteroatoms. The second-order valence-electron chi connectivity index (χ2n) is 5.36. The average Bonchev–Trinajstić information content (AvgIpc) is 2.59. The Morgan fingerprint density at radius 3 is 2.46 bits per heavy atom. The van der Waals surface area contributed by atoms with E-state index in [-0.39, 0.29) is 11.6 Å². The Morgan fingerprint density at radius 1 is 1.08 bits per heavy atom. The van der Waals surface area contributed by atoms with Crippen molar-refractivity contribution >= 4 is 11.6 Å². The Morgan fingerprint density at radius 2 is 1.79 bits per heavy atom. The molecule has 0 aliphatic heterocycles. The Kier molecular flexibility index (Phi) is 5.95. The fraction of sp³-hybridized carbons (Fsp3) is 0.263. The molecule has 0 bridgehead atoms. The third kappa shape index (κ3) is 3.93. The first-order chi connectivity index (χ1) is 11.6. The summed E-state index contributed by atoms with van der Waals surface area (Å²) < 4.78 is 5.93. The number of nitrogens with one attached hydrogen (secondary N) is 1. The molecule has 24 heavy (non-hydrogen) atoms. The van der Waals surface area contributed by atoms with Crippen molar-refractivity contribution < 1.29 is 14.4 Å². The van der Waals surface area contributed by atoms with Crippen LogP contribution in [-0.2, 0) is 16.2 Å². The number of hydrogen-bond acceptors (Lipinski definition) is 4. The van der Waals surface area contributed by atoms with Crippen LogP contribution in [0.1, 0.15) is 22.3 Å². The van der Waals surface area contributed by atoms with Crippen molar-refractivity contribution in [3.05, 3.63) is 64.7 Å². The molecule has 126 valence electrons. The van der Waals surface area contributed by atoms with Crippen LogP contribution in [-0.4, -0.2) is 25.8 Å². The highest BCUT2D eigenvalue weighted by Gasteiger charge is 2.20. The quantitative estimate of drug-likeness (QED) is 0.656. The highest BCUT2D eigenvalue weighted by molar-refractivity contribution is 6.45. The molecule has 2 aromatic rings. The SMILES string of the molecule is CNC(=O)/C(=N\OC)c1c(C)cccc1COc1ccccc1C. The van der Waals surface area contributed by atoms with Gasteiger partial charge in [0.15, 0.2) is 5.71 Å². The van der Waals surface area contributed by atoms with Gasteiger partial charge in [0.25, 0.3) is 5.91 Å². The first-order valence-electron chi connectivity index (χ1n) is 7.69. The first-order valence-corrected chi connectivity index (χ1v) is 7.69. The summed E-state index contributed by atoms with van der Waals surface area (Å²) in [6.45, 7) is 4.26.